The van der Waals surface area contributed by atoms with Gasteiger partial charge in [-0.15, -0.1) is 0 Å². The second-order valence-electron chi connectivity index (χ2n) is 8.27. The van der Waals surface area contributed by atoms with Crippen molar-refractivity contribution in [3.63, 3.8) is 0 Å². The molecular weight excluding hydrogens is 448 g/mol. The number of H-pyrrole nitrogens is 1. The summed E-state index contributed by atoms with van der Waals surface area (Å²) in [5.41, 5.74) is 2.49. The smallest absolute Gasteiger partial charge is 0.417 e. The molecule has 4 rings (SSSR count). The number of nitrogens with one attached hydrogen (secondary N) is 3. The Hall–Kier alpha value is -4.05. The number of rotatable bonds is 8. The molecular formula is C25H30N6O4. The zero-order valence-electron chi connectivity index (χ0n) is 19.9. The van der Waals surface area contributed by atoms with E-state index in [1.165, 1.54) is 6.20 Å². The van der Waals surface area contributed by atoms with Crippen LogP contribution in [0.3, 0.4) is 0 Å². The highest BCUT2D eigenvalue weighted by molar-refractivity contribution is 5.88. The van der Waals surface area contributed by atoms with Gasteiger partial charge in [0.1, 0.15) is 5.75 Å². The van der Waals surface area contributed by atoms with Crippen molar-refractivity contribution in [1.29, 1.82) is 0 Å². The highest BCUT2D eigenvalue weighted by Gasteiger charge is 2.19. The summed E-state index contributed by atoms with van der Waals surface area (Å²) >= 11 is 0. The van der Waals surface area contributed by atoms with Crippen LogP contribution in [-0.4, -0.2) is 67.8 Å². The predicted octanol–water partition coefficient (Wildman–Crippen LogP) is 2.80. The highest BCUT2D eigenvalue weighted by Crippen LogP contribution is 2.32. The molecule has 184 valence electrons. The topological polar surface area (TPSA) is 112 Å². The number of piperazine rings is 1. The third kappa shape index (κ3) is 6.30. The maximum atomic E-state index is 12.7. The van der Waals surface area contributed by atoms with Crippen molar-refractivity contribution in [1.82, 2.24) is 14.9 Å². The Bertz CT molecular complexity index is 1190. The first-order chi connectivity index (χ1) is 17.0. The molecule has 1 saturated heterocycles. The third-order valence-electron chi connectivity index (χ3n) is 5.86. The maximum absolute atomic E-state index is 12.7. The Morgan fingerprint density at radius 1 is 1.11 bits per heavy atom. The van der Waals surface area contributed by atoms with E-state index in [1.807, 2.05) is 24.3 Å². The number of carbonyl (C=O) groups is 1. The van der Waals surface area contributed by atoms with Gasteiger partial charge in [0, 0.05) is 57.0 Å². The SMILES string of the molecule is COc1ccc(NC(=O)Oc2c(NCCc3ccncc3)cc[nH]c2=O)cc1N1CCN(C)CC1. The van der Waals surface area contributed by atoms with Gasteiger partial charge in [-0.3, -0.25) is 15.1 Å². The van der Waals surface area contributed by atoms with Crippen molar-refractivity contribution < 1.29 is 14.3 Å². The summed E-state index contributed by atoms with van der Waals surface area (Å²) in [6.45, 7) is 4.15. The molecule has 35 heavy (non-hydrogen) atoms. The minimum Gasteiger partial charge on any atom is -0.495 e. The molecule has 1 aliphatic heterocycles. The fraction of sp³-hybridized carbons (Fsp3) is 0.320. The standard InChI is InChI=1S/C25H30N6O4/c1-30-13-15-31(16-14-30)21-17-19(3-4-22(21)34-2)29-25(33)35-23-20(8-12-28-24(23)32)27-11-7-18-5-9-26-10-6-18/h3-6,8-10,12,17H,7,11,13-16H2,1-2H3,(H,29,33)(H2,27,28,32). The normalized spacial score (nSPS) is 13.8. The summed E-state index contributed by atoms with van der Waals surface area (Å²) in [6, 6.07) is 10.9. The molecule has 3 N–H and O–H groups in total. The molecule has 3 heterocycles. The van der Waals surface area contributed by atoms with Gasteiger partial charge in [-0.2, -0.15) is 0 Å². The number of benzene rings is 1. The number of carbonyl (C=O) groups excluding carboxylic acids is 1. The van der Waals surface area contributed by atoms with Gasteiger partial charge in [-0.25, -0.2) is 4.79 Å². The van der Waals surface area contributed by atoms with Gasteiger partial charge in [0.15, 0.2) is 0 Å². The third-order valence-corrected chi connectivity index (χ3v) is 5.86. The highest BCUT2D eigenvalue weighted by atomic mass is 16.6. The molecule has 3 aromatic rings. The number of likely N-dealkylation sites (N-methyl/N-ethyl adjacent to an activating group) is 1. The Morgan fingerprint density at radius 3 is 2.63 bits per heavy atom. The zero-order valence-corrected chi connectivity index (χ0v) is 19.9. The van der Waals surface area contributed by atoms with Crippen LogP contribution in [-0.2, 0) is 6.42 Å². The lowest BCUT2D eigenvalue weighted by Gasteiger charge is -2.34. The Kier molecular flexibility index (Phi) is 7.84. The van der Waals surface area contributed by atoms with Crippen molar-refractivity contribution in [2.75, 3.05) is 62.4 Å². The van der Waals surface area contributed by atoms with Gasteiger partial charge in [0.05, 0.1) is 18.5 Å². The van der Waals surface area contributed by atoms with E-state index in [2.05, 4.69) is 37.4 Å². The second-order valence-corrected chi connectivity index (χ2v) is 8.27. The quantitative estimate of drug-likeness (QED) is 0.453. The fourth-order valence-electron chi connectivity index (χ4n) is 3.89. The van der Waals surface area contributed by atoms with Crippen LogP contribution in [0.15, 0.2) is 59.8 Å². The summed E-state index contributed by atoms with van der Waals surface area (Å²) in [5, 5.41) is 5.90. The summed E-state index contributed by atoms with van der Waals surface area (Å²) in [4.78, 5) is 36.1. The second kappa shape index (κ2) is 11.4. The van der Waals surface area contributed by atoms with E-state index in [4.69, 9.17) is 9.47 Å². The van der Waals surface area contributed by atoms with Crippen molar-refractivity contribution in [3.05, 3.63) is 70.9 Å². The van der Waals surface area contributed by atoms with Crippen LogP contribution in [0.2, 0.25) is 0 Å². The number of aromatic amines is 1. The first-order valence-corrected chi connectivity index (χ1v) is 11.5. The minimum absolute atomic E-state index is 0.0902. The zero-order chi connectivity index (χ0) is 24.6. The molecule has 0 unspecified atom stereocenters. The fourth-order valence-corrected chi connectivity index (χ4v) is 3.89. The maximum Gasteiger partial charge on any atom is 0.417 e. The number of anilines is 3. The van der Waals surface area contributed by atoms with Crippen LogP contribution in [0.4, 0.5) is 21.9 Å². The number of ether oxygens (including phenoxy) is 2. The molecule has 1 aliphatic rings. The number of aromatic nitrogens is 2. The summed E-state index contributed by atoms with van der Waals surface area (Å²) in [5.74, 6) is 0.640. The minimum atomic E-state index is -0.756. The van der Waals surface area contributed by atoms with E-state index in [1.54, 1.807) is 31.6 Å². The van der Waals surface area contributed by atoms with Crippen LogP contribution in [0, 0.1) is 0 Å². The monoisotopic (exact) mass is 478 g/mol. The lowest BCUT2D eigenvalue weighted by atomic mass is 10.2. The van der Waals surface area contributed by atoms with Crippen LogP contribution in [0.25, 0.3) is 0 Å². The van der Waals surface area contributed by atoms with Crippen molar-refractivity contribution in [2.45, 2.75) is 6.42 Å². The lowest BCUT2D eigenvalue weighted by Crippen LogP contribution is -2.44. The molecule has 0 spiro atoms. The number of methoxy groups -OCH3 is 1. The molecule has 0 aliphatic carbocycles. The number of hydrogen-bond acceptors (Lipinski definition) is 8. The molecule has 0 saturated carbocycles. The van der Waals surface area contributed by atoms with E-state index in [0.717, 1.165) is 49.6 Å². The van der Waals surface area contributed by atoms with Crippen molar-refractivity contribution >= 4 is 23.2 Å². The van der Waals surface area contributed by atoms with Crippen molar-refractivity contribution in [3.8, 4) is 11.5 Å². The Morgan fingerprint density at radius 2 is 1.89 bits per heavy atom. The van der Waals surface area contributed by atoms with E-state index in [-0.39, 0.29) is 5.75 Å². The average molecular weight is 479 g/mol. The van der Waals surface area contributed by atoms with E-state index >= 15 is 0 Å². The summed E-state index contributed by atoms with van der Waals surface area (Å²) < 4.78 is 10.9. The van der Waals surface area contributed by atoms with Crippen LogP contribution >= 0.6 is 0 Å². The van der Waals surface area contributed by atoms with Crippen LogP contribution in [0.5, 0.6) is 11.5 Å². The molecule has 0 atom stereocenters. The molecule has 1 aromatic carbocycles. The van der Waals surface area contributed by atoms with Gasteiger partial charge < -0.3 is 29.6 Å². The summed E-state index contributed by atoms with van der Waals surface area (Å²) in [6.07, 6.45) is 4.94. The van der Waals surface area contributed by atoms with Gasteiger partial charge in [0.2, 0.25) is 5.75 Å². The van der Waals surface area contributed by atoms with Gasteiger partial charge in [-0.1, -0.05) is 0 Å². The predicted molar refractivity (Wildman–Crippen MR) is 136 cm³/mol. The van der Waals surface area contributed by atoms with Crippen LogP contribution in [0.1, 0.15) is 5.56 Å². The molecule has 1 amide bonds. The van der Waals surface area contributed by atoms with E-state index < -0.39 is 11.7 Å². The van der Waals surface area contributed by atoms with Crippen molar-refractivity contribution in [2.24, 2.45) is 0 Å². The number of pyridine rings is 2. The molecule has 2 aromatic heterocycles. The molecule has 10 heteroatoms. The molecule has 10 nitrogen and oxygen atoms in total. The molecule has 1 fully saturated rings. The largest absolute Gasteiger partial charge is 0.495 e. The van der Waals surface area contributed by atoms with Gasteiger partial charge in [0.25, 0.3) is 5.56 Å². The lowest BCUT2D eigenvalue weighted by molar-refractivity contribution is 0.214. The number of nitrogens with zero attached hydrogens (tertiary/aromatic N) is 3. The van der Waals surface area contributed by atoms with E-state index in [0.29, 0.717) is 17.9 Å². The average Bonchev–Trinajstić information content (AvgIpc) is 2.87. The Balaban J connectivity index is 1.43. The van der Waals surface area contributed by atoms with Gasteiger partial charge in [-0.05, 0) is 55.4 Å². The summed E-state index contributed by atoms with van der Waals surface area (Å²) in [7, 11) is 3.72. The van der Waals surface area contributed by atoms with Gasteiger partial charge >= 0.3 is 6.09 Å². The number of amides is 1. The van der Waals surface area contributed by atoms with Crippen LogP contribution < -0.4 is 30.6 Å². The molecule has 0 bridgehead atoms. The Labute approximate surface area is 203 Å². The first-order valence-electron chi connectivity index (χ1n) is 11.5. The number of hydrogen-bond donors (Lipinski definition) is 3. The molecule has 0 radical (unpaired) electrons. The first kappa shape index (κ1) is 24.1. The van der Waals surface area contributed by atoms with E-state index in [9.17, 15) is 9.59 Å².